The minimum atomic E-state index is -3.98. The normalized spacial score (nSPS) is 31.2. The van der Waals surface area contributed by atoms with Crippen LogP contribution in [-0.4, -0.2) is 61.1 Å². The van der Waals surface area contributed by atoms with Gasteiger partial charge in [-0.1, -0.05) is 6.08 Å². The van der Waals surface area contributed by atoms with Crippen LogP contribution in [0.5, 0.6) is 0 Å². The number of sulfone groups is 1. The summed E-state index contributed by atoms with van der Waals surface area (Å²) >= 11 is 0. The predicted octanol–water partition coefficient (Wildman–Crippen LogP) is -5.87. The van der Waals surface area contributed by atoms with Crippen LogP contribution < -0.4 is 40.0 Å². The van der Waals surface area contributed by atoms with Gasteiger partial charge in [0, 0.05) is 13.2 Å². The Kier molecular flexibility index (Phi) is 6.03. The van der Waals surface area contributed by atoms with E-state index in [0.717, 1.165) is 24.0 Å². The number of ether oxygens (including phenoxy) is 1. The fraction of sp³-hybridized carbons (Fsp3) is 0.583. The summed E-state index contributed by atoms with van der Waals surface area (Å²) in [6.07, 6.45) is 1.65. The summed E-state index contributed by atoms with van der Waals surface area (Å²) in [4.78, 5) is 35.2. The second-order valence-corrected chi connectivity index (χ2v) is 7.73. The summed E-state index contributed by atoms with van der Waals surface area (Å²) in [5.41, 5.74) is 0. The third-order valence-corrected chi connectivity index (χ3v) is 6.62. The molecule has 0 aromatic heterocycles. The van der Waals surface area contributed by atoms with Gasteiger partial charge in [0.2, 0.25) is 11.8 Å². The van der Waals surface area contributed by atoms with Crippen LogP contribution in [0, 0.1) is 0 Å². The molecule has 2 fully saturated rings. The summed E-state index contributed by atoms with van der Waals surface area (Å²) in [6, 6.07) is -1.66. The standard InChI is InChI=1S/C12H16N2O7S.Na/c1-12(4-3-7(15)13-6-21-2)10(11(17)18)14-8(16)5-9(14)22(12,19)20;/h3-4,9-10H,5-6H2,1-2H3,(H,13,15)(H,17,18);/q;+1/p-1/b4-3+;/t9-,10+,12+;/m1./s1. The molecule has 2 aliphatic heterocycles. The molecular weight excluding hydrogens is 339 g/mol. The molecule has 0 radical (unpaired) electrons. The Hall–Kier alpha value is -0.940. The van der Waals surface area contributed by atoms with Gasteiger partial charge in [0.05, 0.1) is 18.4 Å². The van der Waals surface area contributed by atoms with E-state index >= 15 is 0 Å². The number of carboxylic acids is 1. The molecule has 0 aromatic carbocycles. The van der Waals surface area contributed by atoms with Crippen LogP contribution in [0.1, 0.15) is 13.3 Å². The molecule has 0 aliphatic carbocycles. The number of carbonyl (C=O) groups is 3. The van der Waals surface area contributed by atoms with Gasteiger partial charge in [-0.05, 0) is 6.92 Å². The maximum atomic E-state index is 12.5. The number of hydrogen-bond donors (Lipinski definition) is 1. The van der Waals surface area contributed by atoms with Gasteiger partial charge in [-0.15, -0.1) is 0 Å². The number of nitrogens with one attached hydrogen (secondary N) is 1. The number of rotatable bonds is 5. The van der Waals surface area contributed by atoms with E-state index in [1.165, 1.54) is 7.11 Å². The van der Waals surface area contributed by atoms with Crippen molar-refractivity contribution in [3.8, 4) is 0 Å². The summed E-state index contributed by atoms with van der Waals surface area (Å²) in [5.74, 6) is -2.89. The van der Waals surface area contributed by atoms with Gasteiger partial charge >= 0.3 is 29.6 Å². The molecule has 2 saturated heterocycles. The summed E-state index contributed by atoms with van der Waals surface area (Å²) in [6.45, 7) is 1.08. The molecule has 0 unspecified atom stereocenters. The first-order chi connectivity index (χ1) is 10.2. The maximum Gasteiger partial charge on any atom is 1.00 e. The smallest absolute Gasteiger partial charge is 0.548 e. The molecule has 122 valence electrons. The molecule has 9 nitrogen and oxygen atoms in total. The van der Waals surface area contributed by atoms with E-state index in [4.69, 9.17) is 0 Å². The fourth-order valence-electron chi connectivity index (χ4n) is 2.67. The van der Waals surface area contributed by atoms with E-state index in [1.807, 2.05) is 0 Å². The second-order valence-electron chi connectivity index (χ2n) is 5.22. The molecule has 0 spiro atoms. The summed E-state index contributed by atoms with van der Waals surface area (Å²) < 4.78 is 27.6. The number of fused-ring (bicyclic) bond motifs is 1. The molecule has 0 aromatic rings. The Balaban J connectivity index is 0.00000264. The molecule has 2 aliphatic rings. The Bertz CT molecular complexity index is 662. The molecule has 23 heavy (non-hydrogen) atoms. The minimum absolute atomic E-state index is 0. The van der Waals surface area contributed by atoms with Gasteiger partial charge in [0.15, 0.2) is 9.84 Å². The minimum Gasteiger partial charge on any atom is -0.548 e. The van der Waals surface area contributed by atoms with Crippen molar-refractivity contribution in [1.29, 1.82) is 0 Å². The van der Waals surface area contributed by atoms with Crippen LogP contribution in [0.4, 0.5) is 0 Å². The van der Waals surface area contributed by atoms with Crippen LogP contribution in [0.2, 0.25) is 0 Å². The summed E-state index contributed by atoms with van der Waals surface area (Å²) in [7, 11) is -2.63. The second kappa shape index (κ2) is 6.89. The van der Waals surface area contributed by atoms with Gasteiger partial charge in [-0.3, -0.25) is 9.59 Å². The van der Waals surface area contributed by atoms with Gasteiger partial charge < -0.3 is 24.9 Å². The quantitative estimate of drug-likeness (QED) is 0.225. The summed E-state index contributed by atoms with van der Waals surface area (Å²) in [5, 5.41) is 12.5. The van der Waals surface area contributed by atoms with E-state index in [1.54, 1.807) is 0 Å². The van der Waals surface area contributed by atoms with Crippen molar-refractivity contribution in [3.05, 3.63) is 12.2 Å². The van der Waals surface area contributed by atoms with Crippen LogP contribution >= 0.6 is 0 Å². The number of methoxy groups -OCH3 is 1. The zero-order valence-corrected chi connectivity index (χ0v) is 15.8. The zero-order chi connectivity index (χ0) is 16.7. The topological polar surface area (TPSA) is 133 Å². The van der Waals surface area contributed by atoms with Crippen molar-refractivity contribution >= 4 is 27.6 Å². The molecule has 0 bridgehead atoms. The number of nitrogens with zero attached hydrogens (tertiary/aromatic N) is 1. The van der Waals surface area contributed by atoms with E-state index in [9.17, 15) is 27.9 Å². The van der Waals surface area contributed by atoms with Crippen molar-refractivity contribution < 1.29 is 62.2 Å². The van der Waals surface area contributed by atoms with E-state index < -0.39 is 43.8 Å². The van der Waals surface area contributed by atoms with E-state index in [0.29, 0.717) is 0 Å². The van der Waals surface area contributed by atoms with Crippen LogP contribution in [0.25, 0.3) is 0 Å². The number of amides is 2. The molecule has 2 rings (SSSR count). The first kappa shape index (κ1) is 20.1. The van der Waals surface area contributed by atoms with Gasteiger partial charge in [0.25, 0.3) is 0 Å². The Morgan fingerprint density at radius 2 is 2.13 bits per heavy atom. The van der Waals surface area contributed by atoms with Crippen molar-refractivity contribution in [2.75, 3.05) is 13.8 Å². The van der Waals surface area contributed by atoms with E-state index in [2.05, 4.69) is 10.1 Å². The number of β-lactam (4-membered cyclic amide) rings is 1. The van der Waals surface area contributed by atoms with Crippen molar-refractivity contribution in [2.45, 2.75) is 29.5 Å². The average Bonchev–Trinajstić information content (AvgIpc) is 2.57. The predicted molar refractivity (Wildman–Crippen MR) is 70.5 cm³/mol. The first-order valence-electron chi connectivity index (χ1n) is 6.38. The van der Waals surface area contributed by atoms with Gasteiger partial charge in [-0.2, -0.15) is 0 Å². The Labute approximate surface area is 155 Å². The number of hydrogen-bond acceptors (Lipinski definition) is 7. The third-order valence-electron chi connectivity index (χ3n) is 3.92. The molecule has 3 atom stereocenters. The number of carbonyl (C=O) groups excluding carboxylic acids is 3. The van der Waals surface area contributed by atoms with Crippen LogP contribution in [0.15, 0.2) is 12.2 Å². The number of carboxylic acid groups (broad SMARTS) is 1. The largest absolute Gasteiger partial charge is 1.00 e. The Morgan fingerprint density at radius 3 is 2.61 bits per heavy atom. The SMILES string of the molecule is COCNC(=O)/C=C/[C@@]1(C)[C@H](C(=O)[O-])N2C(=O)C[C@H]2S1(=O)=O.[Na+]. The van der Waals surface area contributed by atoms with Crippen molar-refractivity contribution in [2.24, 2.45) is 0 Å². The first-order valence-corrected chi connectivity index (χ1v) is 7.93. The molecule has 11 heteroatoms. The van der Waals surface area contributed by atoms with Gasteiger partial charge in [0.1, 0.15) is 16.9 Å². The molecular formula is C12H15N2NaO7S. The van der Waals surface area contributed by atoms with Crippen LogP contribution in [0.3, 0.4) is 0 Å². The molecule has 0 saturated carbocycles. The van der Waals surface area contributed by atoms with Crippen molar-refractivity contribution in [1.82, 2.24) is 10.2 Å². The maximum absolute atomic E-state index is 12.5. The van der Waals surface area contributed by atoms with E-state index in [-0.39, 0.29) is 42.7 Å². The molecule has 2 amide bonds. The van der Waals surface area contributed by atoms with Crippen LogP contribution in [-0.2, 0) is 29.0 Å². The van der Waals surface area contributed by atoms with Crippen molar-refractivity contribution in [3.63, 3.8) is 0 Å². The fourth-order valence-corrected chi connectivity index (χ4v) is 4.94. The zero-order valence-electron chi connectivity index (χ0n) is 12.9. The Morgan fingerprint density at radius 1 is 1.52 bits per heavy atom. The third kappa shape index (κ3) is 3.05. The number of aliphatic carboxylic acids is 1. The molecule has 1 N–H and O–H groups in total. The average molecular weight is 354 g/mol. The van der Waals surface area contributed by atoms with Gasteiger partial charge in [-0.25, -0.2) is 8.42 Å². The monoisotopic (exact) mass is 354 g/mol. The molecule has 2 heterocycles.